The molecule has 2 aliphatic rings. The molecule has 168 valence electrons. The molecule has 2 fully saturated rings. The maximum Gasteiger partial charge on any atom is 0.420 e. The third kappa shape index (κ3) is 3.18. The minimum absolute atomic E-state index is 0.0324. The van der Waals surface area contributed by atoms with E-state index in [1.54, 1.807) is 41.3 Å². The zero-order valence-electron chi connectivity index (χ0n) is 17.8. The molecule has 2 aromatic carbocycles. The van der Waals surface area contributed by atoms with Crippen molar-refractivity contribution in [2.45, 2.75) is 25.3 Å². The summed E-state index contributed by atoms with van der Waals surface area (Å²) in [6.45, 7) is 3.14. The molecule has 8 nitrogen and oxygen atoms in total. The molecule has 2 heterocycles. The number of halogens is 1. The second-order valence-electron chi connectivity index (χ2n) is 8.28. The molecule has 0 spiro atoms. The number of ether oxygens (including phenoxy) is 1. The summed E-state index contributed by atoms with van der Waals surface area (Å²) >= 11 is 6.06. The Morgan fingerprint density at radius 3 is 2.47 bits per heavy atom. The zero-order chi connectivity index (χ0) is 23.1. The fourth-order valence-corrected chi connectivity index (χ4v) is 5.36. The number of nitrogens with zero attached hydrogens (tertiary/aromatic N) is 2. The van der Waals surface area contributed by atoms with Crippen LogP contribution in [-0.2, 0) is 19.9 Å². The van der Waals surface area contributed by atoms with Crippen LogP contribution in [0.2, 0.25) is 5.02 Å². The number of aryl methyl sites for hydroxylation is 1. The predicted molar refractivity (Wildman–Crippen MR) is 122 cm³/mol. The van der Waals surface area contributed by atoms with Crippen molar-refractivity contribution in [3.63, 3.8) is 0 Å². The Labute approximate surface area is 191 Å². The summed E-state index contributed by atoms with van der Waals surface area (Å²) in [4.78, 5) is 40.1. The first-order valence-electron chi connectivity index (χ1n) is 10.5. The molecule has 0 aromatic heterocycles. The average Bonchev–Trinajstić information content (AvgIpc) is 3.17. The standard InChI is InChI=1S/C23H25ClN4O4/c1-15-13-16(3-8-19(15)27-10-12-32-14-20(27)29)23(21(25)30)9-2-11-28(23,22(26)31)18-6-4-17(24)5-7-18/h3-8,13H,2,9-12,14H2,1H3,(H3-,25,26,30,31)/p+1/t23-,28?/m0/s1. The van der Waals surface area contributed by atoms with Crippen LogP contribution >= 0.6 is 11.6 Å². The molecule has 2 saturated heterocycles. The first-order chi connectivity index (χ1) is 15.2. The van der Waals surface area contributed by atoms with Crippen molar-refractivity contribution >= 4 is 40.8 Å². The Kier molecular flexibility index (Phi) is 5.70. The van der Waals surface area contributed by atoms with E-state index >= 15 is 0 Å². The summed E-state index contributed by atoms with van der Waals surface area (Å²) in [5, 5.41) is 0.510. The minimum Gasteiger partial charge on any atom is -0.370 e. The fourth-order valence-electron chi connectivity index (χ4n) is 5.23. The van der Waals surface area contributed by atoms with Gasteiger partial charge in [-0.1, -0.05) is 17.7 Å². The number of morpholine rings is 1. The van der Waals surface area contributed by atoms with Gasteiger partial charge in [-0.3, -0.25) is 9.59 Å². The van der Waals surface area contributed by atoms with E-state index in [1.165, 1.54) is 0 Å². The van der Waals surface area contributed by atoms with E-state index in [-0.39, 0.29) is 12.5 Å². The van der Waals surface area contributed by atoms with Crippen LogP contribution < -0.4 is 20.9 Å². The molecule has 4 N–H and O–H groups in total. The summed E-state index contributed by atoms with van der Waals surface area (Å²) in [7, 11) is 0. The number of rotatable bonds is 4. The van der Waals surface area contributed by atoms with Crippen LogP contribution in [0.25, 0.3) is 0 Å². The van der Waals surface area contributed by atoms with Crippen LogP contribution in [0.3, 0.4) is 0 Å². The molecule has 0 aliphatic carbocycles. The van der Waals surface area contributed by atoms with Gasteiger partial charge in [-0.2, -0.15) is 4.48 Å². The highest BCUT2D eigenvalue weighted by atomic mass is 35.5. The van der Waals surface area contributed by atoms with Gasteiger partial charge < -0.3 is 21.1 Å². The van der Waals surface area contributed by atoms with Gasteiger partial charge in [0.1, 0.15) is 12.3 Å². The highest BCUT2D eigenvalue weighted by molar-refractivity contribution is 6.30. The first-order valence-corrected chi connectivity index (χ1v) is 10.9. The quantitative estimate of drug-likeness (QED) is 0.686. The van der Waals surface area contributed by atoms with Crippen LogP contribution in [0, 0.1) is 6.92 Å². The van der Waals surface area contributed by atoms with Crippen LogP contribution in [0.5, 0.6) is 0 Å². The monoisotopic (exact) mass is 457 g/mol. The molecule has 1 unspecified atom stereocenters. The van der Waals surface area contributed by atoms with Crippen LogP contribution in [-0.4, -0.2) is 44.1 Å². The van der Waals surface area contributed by atoms with Gasteiger partial charge in [-0.25, -0.2) is 4.79 Å². The van der Waals surface area contributed by atoms with Gasteiger partial charge in [0.15, 0.2) is 0 Å². The third-order valence-electron chi connectivity index (χ3n) is 6.69. The number of nitrogens with two attached hydrogens (primary N) is 2. The Morgan fingerprint density at radius 1 is 1.16 bits per heavy atom. The van der Waals surface area contributed by atoms with Gasteiger partial charge in [0.05, 0.1) is 13.2 Å². The van der Waals surface area contributed by atoms with Crippen LogP contribution in [0.15, 0.2) is 42.5 Å². The lowest BCUT2D eigenvalue weighted by Gasteiger charge is -2.43. The number of amides is 4. The zero-order valence-corrected chi connectivity index (χ0v) is 18.6. The van der Waals surface area contributed by atoms with E-state index < -0.39 is 22.0 Å². The number of carbonyl (C=O) groups is 3. The molecule has 0 saturated carbocycles. The lowest BCUT2D eigenvalue weighted by atomic mass is 9.83. The molecule has 4 rings (SSSR count). The number of carbonyl (C=O) groups excluding carboxylic acids is 3. The fraction of sp³-hybridized carbons (Fsp3) is 0.348. The first kappa shape index (κ1) is 22.3. The van der Waals surface area contributed by atoms with Gasteiger partial charge in [-0.15, -0.1) is 0 Å². The smallest absolute Gasteiger partial charge is 0.370 e. The summed E-state index contributed by atoms with van der Waals surface area (Å²) in [6, 6.07) is 11.5. The predicted octanol–water partition coefficient (Wildman–Crippen LogP) is 2.57. The highest BCUT2D eigenvalue weighted by Crippen LogP contribution is 2.49. The number of anilines is 1. The van der Waals surface area contributed by atoms with Gasteiger partial charge in [-0.05, 0) is 36.8 Å². The average molecular weight is 458 g/mol. The molecule has 0 bridgehead atoms. The molecule has 2 aromatic rings. The number of quaternary nitrogens is 1. The SMILES string of the molecule is Cc1cc([C@]2(C(N)=O)CCC[N+]2(C(N)=O)c2ccc(Cl)cc2)ccc1N1CCOCC1=O. The molecule has 0 radical (unpaired) electrons. The van der Waals surface area contributed by atoms with E-state index in [4.69, 9.17) is 27.8 Å². The van der Waals surface area contributed by atoms with Crippen LogP contribution in [0.4, 0.5) is 16.2 Å². The minimum atomic E-state index is -1.38. The lowest BCUT2D eigenvalue weighted by molar-refractivity contribution is -0.127. The van der Waals surface area contributed by atoms with Crippen LogP contribution in [0.1, 0.15) is 24.0 Å². The van der Waals surface area contributed by atoms with E-state index in [1.807, 2.05) is 13.0 Å². The maximum absolute atomic E-state index is 13.1. The molecular formula is C23H26ClN4O4+. The number of likely N-dealkylation sites (tertiary alicyclic amines) is 1. The van der Waals surface area contributed by atoms with Gasteiger partial charge in [0.2, 0.25) is 5.54 Å². The summed E-state index contributed by atoms with van der Waals surface area (Å²) in [5.74, 6) is -0.751. The number of primary amides is 2. The highest BCUT2D eigenvalue weighted by Gasteiger charge is 2.65. The van der Waals surface area contributed by atoms with Crippen molar-refractivity contribution in [2.24, 2.45) is 11.5 Å². The number of hydrogen-bond donors (Lipinski definition) is 2. The summed E-state index contributed by atoms with van der Waals surface area (Å²) in [5.41, 5.74) is 13.3. The largest absolute Gasteiger partial charge is 0.420 e. The lowest BCUT2D eigenvalue weighted by Crippen LogP contribution is -2.70. The Bertz CT molecular complexity index is 1090. The third-order valence-corrected chi connectivity index (χ3v) is 6.94. The maximum atomic E-state index is 13.1. The summed E-state index contributed by atoms with van der Waals surface area (Å²) < 4.78 is 4.81. The van der Waals surface area contributed by atoms with Crippen molar-refractivity contribution in [3.05, 3.63) is 58.6 Å². The molecule has 9 heteroatoms. The van der Waals surface area contributed by atoms with Crippen molar-refractivity contribution in [1.82, 2.24) is 4.48 Å². The van der Waals surface area contributed by atoms with Crippen molar-refractivity contribution in [2.75, 3.05) is 31.2 Å². The topological polar surface area (TPSA) is 116 Å². The Balaban J connectivity index is 1.89. The van der Waals surface area contributed by atoms with Gasteiger partial charge in [0, 0.05) is 47.8 Å². The number of hydrogen-bond acceptors (Lipinski definition) is 4. The van der Waals surface area contributed by atoms with E-state index in [9.17, 15) is 14.4 Å². The molecule has 2 atom stereocenters. The van der Waals surface area contributed by atoms with Crippen molar-refractivity contribution in [3.8, 4) is 0 Å². The van der Waals surface area contributed by atoms with Gasteiger partial charge >= 0.3 is 6.03 Å². The summed E-state index contributed by atoms with van der Waals surface area (Å²) in [6.07, 6.45) is 0.945. The Morgan fingerprint density at radius 2 is 1.88 bits per heavy atom. The van der Waals surface area contributed by atoms with Crippen molar-refractivity contribution < 1.29 is 19.1 Å². The number of benzene rings is 2. The molecule has 32 heavy (non-hydrogen) atoms. The molecule has 4 amide bonds. The normalized spacial score (nSPS) is 25.7. The Hall–Kier alpha value is -2.94. The van der Waals surface area contributed by atoms with E-state index in [2.05, 4.69) is 0 Å². The van der Waals surface area contributed by atoms with E-state index in [0.29, 0.717) is 48.8 Å². The number of urea groups is 1. The second-order valence-corrected chi connectivity index (χ2v) is 8.71. The van der Waals surface area contributed by atoms with Crippen molar-refractivity contribution in [1.29, 1.82) is 0 Å². The molecule has 2 aliphatic heterocycles. The van der Waals surface area contributed by atoms with E-state index in [0.717, 1.165) is 11.3 Å². The van der Waals surface area contributed by atoms with Gasteiger partial charge in [0.25, 0.3) is 11.8 Å². The molecular weight excluding hydrogens is 432 g/mol. The second kappa shape index (κ2) is 8.20.